The first-order valence-corrected chi connectivity index (χ1v) is 33.9. The number of amides is 1. The summed E-state index contributed by atoms with van der Waals surface area (Å²) in [7, 11) is 0. The van der Waals surface area contributed by atoms with Crippen molar-refractivity contribution in [2.24, 2.45) is 5.73 Å². The predicted molar refractivity (Wildman–Crippen MR) is 417 cm³/mol. The molecule has 1 amide bonds. The summed E-state index contributed by atoms with van der Waals surface area (Å²) >= 11 is 0. The molecule has 572 valence electrons. The number of hydrogen-bond acceptors (Lipinski definition) is 17. The average molecular weight is 1520 g/mol. The molecule has 0 aliphatic rings. The number of benzene rings is 9. The lowest BCUT2D eigenvalue weighted by Crippen LogP contribution is -2.27. The molecule has 23 nitrogen and oxygen atoms in total. The number of nitrogens with zero attached hydrogens (tertiary/aromatic N) is 4. The SMILES string of the molecule is CC(C)(C)OC(=O)c1ccc(F)cc1.CC(C)(C)OC(=O)c1ccc(Oc2cccc(C#N)c2)cc1.Cc1cc(C)c(CN)c(=O)[nH]1.N#Cc1cccc(O)c1.N#Cc1cccc(Oc2ccc(C(=O)O)cc2)c1.O=C(O)c1ccc(F)cc1.[C-]#[N+]c1cccc(Oc2cccc(C(=O)NCc3c(C)cc(C)[nH]c3=O)c2)c1. The number of hydrogen-bond donors (Lipinski definition) is 7. The number of aromatic carboxylic acids is 2. The van der Waals surface area contributed by atoms with E-state index in [0.29, 0.717) is 91.2 Å². The van der Waals surface area contributed by atoms with E-state index in [-0.39, 0.29) is 52.2 Å². The van der Waals surface area contributed by atoms with Crippen molar-refractivity contribution in [3.63, 3.8) is 0 Å². The quantitative estimate of drug-likeness (QED) is 0.0393. The summed E-state index contributed by atoms with van der Waals surface area (Å²) in [5.74, 6) is -0.558. The van der Waals surface area contributed by atoms with Crippen molar-refractivity contribution >= 4 is 35.5 Å². The molecule has 0 saturated carbocycles. The number of H-pyrrole nitrogens is 2. The zero-order valence-corrected chi connectivity index (χ0v) is 62.7. The average Bonchev–Trinajstić information content (AvgIpc) is 0.698. The Bertz CT molecular complexity index is 5360. The zero-order valence-electron chi connectivity index (χ0n) is 62.7. The maximum atomic E-state index is 12.5. The predicted octanol–water partition coefficient (Wildman–Crippen LogP) is 17.6. The molecule has 0 saturated heterocycles. The molecule has 0 fully saturated rings. The van der Waals surface area contributed by atoms with Gasteiger partial charge in [-0.2, -0.15) is 15.8 Å². The number of nitrogens with two attached hydrogens (primary N) is 1. The van der Waals surface area contributed by atoms with Crippen LogP contribution in [0, 0.1) is 79.9 Å². The number of pyridine rings is 2. The number of esters is 2. The van der Waals surface area contributed by atoms with Gasteiger partial charge >= 0.3 is 23.9 Å². The van der Waals surface area contributed by atoms with Gasteiger partial charge in [-0.05, 0) is 274 Å². The normalized spacial score (nSPS) is 10.0. The number of carbonyl (C=O) groups is 5. The summed E-state index contributed by atoms with van der Waals surface area (Å²) in [6, 6.07) is 65.9. The number of rotatable bonds is 14. The van der Waals surface area contributed by atoms with Crippen LogP contribution >= 0.6 is 0 Å². The monoisotopic (exact) mass is 1510 g/mol. The van der Waals surface area contributed by atoms with Gasteiger partial charge < -0.3 is 60.0 Å². The number of carboxylic acids is 2. The molecule has 11 rings (SSSR count). The number of halogens is 2. The van der Waals surface area contributed by atoms with Crippen molar-refractivity contribution in [3.8, 4) is 58.5 Å². The number of phenolic OH excluding ortho intramolecular Hbond substituents is 1. The van der Waals surface area contributed by atoms with Crippen LogP contribution in [0.25, 0.3) is 4.85 Å². The van der Waals surface area contributed by atoms with Crippen LogP contribution in [0.3, 0.4) is 0 Å². The molecule has 0 unspecified atom stereocenters. The summed E-state index contributed by atoms with van der Waals surface area (Å²) in [5, 5.41) is 54.6. The first-order chi connectivity index (χ1) is 53.1. The third-order valence-electron chi connectivity index (χ3n) is 14.4. The Morgan fingerprint density at radius 2 is 0.821 bits per heavy atom. The largest absolute Gasteiger partial charge is 0.508 e. The molecule has 0 spiro atoms. The van der Waals surface area contributed by atoms with Gasteiger partial charge in [-0.1, -0.05) is 36.4 Å². The van der Waals surface area contributed by atoms with Gasteiger partial charge in [0.25, 0.3) is 17.0 Å². The zero-order chi connectivity index (χ0) is 82.7. The second kappa shape index (κ2) is 43.1. The molecule has 0 aliphatic carbocycles. The van der Waals surface area contributed by atoms with Crippen LogP contribution in [0.15, 0.2) is 240 Å². The van der Waals surface area contributed by atoms with Crippen LogP contribution in [0.2, 0.25) is 0 Å². The van der Waals surface area contributed by atoms with Gasteiger partial charge in [0.15, 0.2) is 5.69 Å². The van der Waals surface area contributed by atoms with Gasteiger partial charge in [-0.3, -0.25) is 14.4 Å². The number of carboxylic acid groups (broad SMARTS) is 2. The molecular weight excluding hydrogens is 1430 g/mol. The summed E-state index contributed by atoms with van der Waals surface area (Å²) in [6.07, 6.45) is 0. The number of aryl methyl sites for hydroxylation is 4. The minimum atomic E-state index is -1.04. The van der Waals surface area contributed by atoms with Gasteiger partial charge in [0.05, 0.1) is 63.7 Å². The minimum absolute atomic E-state index is 0.0648. The minimum Gasteiger partial charge on any atom is -0.508 e. The van der Waals surface area contributed by atoms with Crippen molar-refractivity contribution in [1.82, 2.24) is 15.3 Å². The van der Waals surface area contributed by atoms with E-state index in [9.17, 15) is 42.3 Å². The number of nitrogens with one attached hydrogen (secondary N) is 3. The highest BCUT2D eigenvalue weighted by atomic mass is 19.1. The summed E-state index contributed by atoms with van der Waals surface area (Å²) in [6.45, 7) is 25.7. The smallest absolute Gasteiger partial charge is 0.338 e. The van der Waals surface area contributed by atoms with Gasteiger partial charge in [-0.15, -0.1) is 0 Å². The number of aromatic amines is 2. The van der Waals surface area contributed by atoms with E-state index < -0.39 is 34.9 Å². The van der Waals surface area contributed by atoms with Crippen LogP contribution in [-0.2, 0) is 22.6 Å². The third kappa shape index (κ3) is 31.3. The van der Waals surface area contributed by atoms with Gasteiger partial charge in [-0.25, -0.2) is 32.8 Å². The first kappa shape index (κ1) is 87.8. The molecule has 9 aromatic carbocycles. The highest BCUT2D eigenvalue weighted by Crippen LogP contribution is 2.28. The number of aromatic hydroxyl groups is 1. The van der Waals surface area contributed by atoms with E-state index in [1.807, 2.05) is 72.7 Å². The van der Waals surface area contributed by atoms with Crippen LogP contribution in [-0.4, -0.2) is 66.3 Å². The Hall–Kier alpha value is -14.8. The molecule has 25 heteroatoms. The molecule has 0 bridgehead atoms. The third-order valence-corrected chi connectivity index (χ3v) is 14.4. The van der Waals surface area contributed by atoms with E-state index in [1.54, 1.807) is 166 Å². The van der Waals surface area contributed by atoms with E-state index >= 15 is 0 Å². The van der Waals surface area contributed by atoms with Crippen molar-refractivity contribution < 1.29 is 71.8 Å². The molecule has 2 aromatic heterocycles. The highest BCUT2D eigenvalue weighted by Gasteiger charge is 2.20. The molecular formula is C87H80F2N8O15. The Morgan fingerprint density at radius 3 is 1.21 bits per heavy atom. The van der Waals surface area contributed by atoms with Crippen LogP contribution < -0.4 is 36.4 Å². The number of aromatic nitrogens is 2. The standard InChI is InChI=1S/C22H19N3O3.C18H17NO3.C14H9NO3.C11H13FO2.C8H12N2O.C7H5FO2.C7H5NO/c1-14-10-15(2)25-22(27)20(14)13-24-21(26)16-6-4-8-18(11-16)28-19-9-5-7-17(12-19)23-3;1-18(2,3)22-17(20)14-7-9-15(10-8-14)21-16-6-4-5-13(11-16)12-19;15-9-10-2-1-3-13(8-10)18-12-6-4-11(5-7-12)14(16)17;1-11(2,3)14-10(13)8-4-6-9(12)7-5-8;1-5-3-6(2)10-8(11)7(5)4-9;8-6-3-1-5(2-4-6)7(9)10;8-5-6-2-1-3-7(9)4-6/h4-12H,13H2,1-2H3,(H,24,26)(H,25,27);4-11H,1-3H3;1-8H,(H,16,17);4-7H,1-3H3;3H,4,9H2,1-2H3,(H,10,11);1-4H,(H,9,10);1-4,9H. The summed E-state index contributed by atoms with van der Waals surface area (Å²) in [4.78, 5) is 88.7. The maximum Gasteiger partial charge on any atom is 0.338 e. The Labute approximate surface area is 645 Å². The molecule has 2 heterocycles. The van der Waals surface area contributed by atoms with Gasteiger partial charge in [0.1, 0.15) is 63.1 Å². The van der Waals surface area contributed by atoms with E-state index in [1.165, 1.54) is 60.7 Å². The Kier molecular flexibility index (Phi) is 33.8. The fourth-order valence-electron chi connectivity index (χ4n) is 9.24. The number of ether oxygens (including phenoxy) is 5. The van der Waals surface area contributed by atoms with Crippen molar-refractivity contribution in [2.45, 2.75) is 93.5 Å². The lowest BCUT2D eigenvalue weighted by molar-refractivity contribution is 0.00569. The van der Waals surface area contributed by atoms with Crippen molar-refractivity contribution in [2.75, 3.05) is 0 Å². The Morgan fingerprint density at radius 1 is 0.464 bits per heavy atom. The second-order valence-electron chi connectivity index (χ2n) is 25.8. The highest BCUT2D eigenvalue weighted by molar-refractivity contribution is 5.94. The Balaban J connectivity index is 0.000000242. The van der Waals surface area contributed by atoms with Crippen LogP contribution in [0.4, 0.5) is 14.5 Å². The topological polar surface area (TPSA) is 372 Å². The second-order valence-corrected chi connectivity index (χ2v) is 25.8. The lowest BCUT2D eigenvalue weighted by atomic mass is 10.1. The van der Waals surface area contributed by atoms with E-state index in [4.69, 9.17) is 67.1 Å². The van der Waals surface area contributed by atoms with Crippen molar-refractivity contribution in [3.05, 3.63) is 352 Å². The van der Waals surface area contributed by atoms with E-state index in [2.05, 4.69) is 26.2 Å². The van der Waals surface area contributed by atoms with Crippen LogP contribution in [0.1, 0.15) is 144 Å². The van der Waals surface area contributed by atoms with Gasteiger partial charge in [0, 0.05) is 41.2 Å². The van der Waals surface area contributed by atoms with Crippen LogP contribution in [0.5, 0.6) is 40.2 Å². The molecule has 0 atom stereocenters. The van der Waals surface area contributed by atoms with E-state index in [0.717, 1.165) is 34.6 Å². The number of nitriles is 3. The summed E-state index contributed by atoms with van der Waals surface area (Å²) in [5.41, 5.74) is 12.3. The fraction of sp³-hybridized carbons (Fsp3) is 0.161. The maximum absolute atomic E-state index is 12.5. The molecule has 11 aromatic rings. The number of carbonyl (C=O) groups excluding carboxylic acids is 3. The van der Waals surface area contributed by atoms with Crippen molar-refractivity contribution in [1.29, 1.82) is 15.8 Å². The molecule has 112 heavy (non-hydrogen) atoms. The van der Waals surface area contributed by atoms with Gasteiger partial charge in [0.2, 0.25) is 0 Å². The number of phenols is 1. The lowest BCUT2D eigenvalue weighted by Gasteiger charge is -2.19. The molecule has 8 N–H and O–H groups in total. The molecule has 0 radical (unpaired) electrons. The fourth-order valence-corrected chi connectivity index (χ4v) is 9.24. The molecule has 0 aliphatic heterocycles. The summed E-state index contributed by atoms with van der Waals surface area (Å²) < 4.78 is 52.0. The first-order valence-electron chi connectivity index (χ1n) is 33.9.